The largest absolute Gasteiger partial charge is 0.419 e. The molecule has 2 saturated heterocycles. The average molecular weight is 318 g/mol. The van der Waals surface area contributed by atoms with Crippen LogP contribution in [0.15, 0.2) is 18.2 Å². The molecule has 21 heavy (non-hydrogen) atoms. The van der Waals surface area contributed by atoms with Gasteiger partial charge in [-0.2, -0.15) is 24.9 Å². The van der Waals surface area contributed by atoms with Gasteiger partial charge in [0.2, 0.25) is 0 Å². The Morgan fingerprint density at radius 3 is 2.29 bits per heavy atom. The topological polar surface area (TPSA) is 17.1 Å². The van der Waals surface area contributed by atoms with Gasteiger partial charge in [0.1, 0.15) is 5.82 Å². The van der Waals surface area contributed by atoms with Crippen LogP contribution >= 0.6 is 11.8 Å². The summed E-state index contributed by atoms with van der Waals surface area (Å²) in [6.45, 7) is 0. The van der Waals surface area contributed by atoms with Crippen LogP contribution in [-0.2, 0) is 6.18 Å². The van der Waals surface area contributed by atoms with Crippen LogP contribution < -0.4 is 0 Å². The summed E-state index contributed by atoms with van der Waals surface area (Å²) in [4.78, 5) is 12.4. The first-order valence-corrected chi connectivity index (χ1v) is 7.85. The molecule has 1 aromatic carbocycles. The number of halogens is 4. The number of alkyl halides is 3. The Bertz CT molecular complexity index is 557. The van der Waals surface area contributed by atoms with E-state index >= 15 is 0 Å². The minimum atomic E-state index is -4.73. The molecule has 0 saturated carbocycles. The Labute approximate surface area is 124 Å². The van der Waals surface area contributed by atoms with E-state index in [4.69, 9.17) is 0 Å². The number of Topliss-reactive ketones (excluding diaryl/α,β-unsaturated/α-hetero) is 1. The van der Waals surface area contributed by atoms with Crippen molar-refractivity contribution in [2.45, 2.75) is 42.4 Å². The monoisotopic (exact) mass is 318 g/mol. The average Bonchev–Trinajstić information content (AvgIpc) is 2.75. The molecule has 0 amide bonds. The Morgan fingerprint density at radius 2 is 1.76 bits per heavy atom. The van der Waals surface area contributed by atoms with Gasteiger partial charge in [-0.1, -0.05) is 6.07 Å². The van der Waals surface area contributed by atoms with E-state index in [2.05, 4.69) is 0 Å². The van der Waals surface area contributed by atoms with Gasteiger partial charge in [-0.15, -0.1) is 0 Å². The number of carbonyl (C=O) groups excluding carboxylic acids is 1. The first kappa shape index (κ1) is 14.9. The summed E-state index contributed by atoms with van der Waals surface area (Å²) in [5, 5.41) is 0.939. The van der Waals surface area contributed by atoms with E-state index in [1.807, 2.05) is 11.8 Å². The van der Waals surface area contributed by atoms with Crippen molar-refractivity contribution in [2.75, 3.05) is 0 Å². The van der Waals surface area contributed by atoms with Crippen LogP contribution in [0.25, 0.3) is 0 Å². The smallest absolute Gasteiger partial charge is 0.294 e. The maximum absolute atomic E-state index is 13.6. The van der Waals surface area contributed by atoms with Gasteiger partial charge in [0.25, 0.3) is 0 Å². The summed E-state index contributed by atoms with van der Waals surface area (Å²) in [7, 11) is 0. The molecule has 2 aliphatic rings. The van der Waals surface area contributed by atoms with Crippen LogP contribution in [0, 0.1) is 11.7 Å². The number of rotatable bonds is 2. The third-order valence-electron chi connectivity index (χ3n) is 4.22. The fourth-order valence-electron chi connectivity index (χ4n) is 3.21. The third kappa shape index (κ3) is 2.96. The van der Waals surface area contributed by atoms with Crippen molar-refractivity contribution < 1.29 is 22.4 Å². The summed E-state index contributed by atoms with van der Waals surface area (Å²) in [6, 6.07) is 2.49. The molecule has 114 valence electrons. The number of thioether (sulfide) groups is 1. The lowest BCUT2D eigenvalue weighted by Crippen LogP contribution is -2.25. The maximum Gasteiger partial charge on any atom is 0.419 e. The number of benzene rings is 1. The zero-order chi connectivity index (χ0) is 15.2. The third-order valence-corrected chi connectivity index (χ3v) is 5.85. The van der Waals surface area contributed by atoms with Gasteiger partial charge in [-0.3, -0.25) is 4.79 Å². The standard InChI is InChI=1S/C15H14F4OS/c16-13-7-8(1-4-12(13)15(17,18)19)14(20)9-5-10-2-3-11(6-9)21-10/h1,4,7,9-11H,2-3,5-6H2. The number of carbonyl (C=O) groups is 1. The molecule has 2 bridgehead atoms. The lowest BCUT2D eigenvalue weighted by Gasteiger charge is -2.26. The number of hydrogen-bond acceptors (Lipinski definition) is 2. The molecule has 2 heterocycles. The maximum atomic E-state index is 13.6. The van der Waals surface area contributed by atoms with Crippen molar-refractivity contribution in [3.63, 3.8) is 0 Å². The number of hydrogen-bond donors (Lipinski definition) is 0. The zero-order valence-corrected chi connectivity index (χ0v) is 11.9. The molecule has 0 radical (unpaired) electrons. The highest BCUT2D eigenvalue weighted by Crippen LogP contribution is 2.46. The van der Waals surface area contributed by atoms with E-state index in [1.165, 1.54) is 0 Å². The Kier molecular flexibility index (Phi) is 3.76. The molecule has 0 N–H and O–H groups in total. The summed E-state index contributed by atoms with van der Waals surface area (Å²) >= 11 is 1.90. The second-order valence-electron chi connectivity index (χ2n) is 5.68. The van der Waals surface area contributed by atoms with Gasteiger partial charge in [-0.25, -0.2) is 4.39 Å². The van der Waals surface area contributed by atoms with Gasteiger partial charge in [0.05, 0.1) is 5.56 Å². The fraction of sp³-hybridized carbons (Fsp3) is 0.533. The quantitative estimate of drug-likeness (QED) is 0.581. The second kappa shape index (κ2) is 5.30. The molecule has 6 heteroatoms. The highest BCUT2D eigenvalue weighted by atomic mass is 32.2. The fourth-order valence-corrected chi connectivity index (χ4v) is 4.98. The minimum absolute atomic E-state index is 0.0526. The van der Waals surface area contributed by atoms with Crippen molar-refractivity contribution in [3.05, 3.63) is 35.1 Å². The lowest BCUT2D eigenvalue weighted by molar-refractivity contribution is -0.140. The van der Waals surface area contributed by atoms with E-state index in [-0.39, 0.29) is 17.3 Å². The van der Waals surface area contributed by atoms with Crippen molar-refractivity contribution in [1.29, 1.82) is 0 Å². The molecule has 2 fully saturated rings. The Morgan fingerprint density at radius 1 is 1.14 bits per heavy atom. The molecule has 0 aliphatic carbocycles. The highest BCUT2D eigenvalue weighted by molar-refractivity contribution is 8.00. The molecule has 2 aliphatic heterocycles. The predicted octanol–water partition coefficient (Wildman–Crippen LogP) is 4.70. The molecule has 3 rings (SSSR count). The summed E-state index contributed by atoms with van der Waals surface area (Å²) < 4.78 is 51.1. The van der Waals surface area contributed by atoms with Crippen LogP contribution in [0.2, 0.25) is 0 Å². The van der Waals surface area contributed by atoms with Gasteiger partial charge >= 0.3 is 6.18 Å². The van der Waals surface area contributed by atoms with Crippen molar-refractivity contribution >= 4 is 17.5 Å². The molecule has 1 nitrogen and oxygen atoms in total. The molecule has 2 unspecified atom stereocenters. The SMILES string of the molecule is O=C(c1ccc(C(F)(F)F)c(F)c1)C1CC2CCC(C1)S2. The van der Waals surface area contributed by atoms with Gasteiger partial charge in [0, 0.05) is 22.0 Å². The first-order chi connectivity index (χ1) is 9.84. The Hall–Kier alpha value is -1.04. The summed E-state index contributed by atoms with van der Waals surface area (Å²) in [5.74, 6) is -1.78. The summed E-state index contributed by atoms with van der Waals surface area (Å²) in [6.07, 6.45) is -1.03. The van der Waals surface area contributed by atoms with E-state index in [0.717, 1.165) is 37.8 Å². The number of fused-ring (bicyclic) bond motifs is 2. The molecule has 1 aromatic rings. The van der Waals surface area contributed by atoms with Crippen molar-refractivity contribution in [1.82, 2.24) is 0 Å². The Balaban J connectivity index is 1.81. The molecule has 0 spiro atoms. The van der Waals surface area contributed by atoms with E-state index < -0.39 is 17.6 Å². The van der Waals surface area contributed by atoms with Crippen molar-refractivity contribution in [3.8, 4) is 0 Å². The van der Waals surface area contributed by atoms with Crippen LogP contribution in [0.5, 0.6) is 0 Å². The van der Waals surface area contributed by atoms with Crippen LogP contribution in [0.1, 0.15) is 41.6 Å². The minimum Gasteiger partial charge on any atom is -0.294 e. The van der Waals surface area contributed by atoms with E-state index in [9.17, 15) is 22.4 Å². The van der Waals surface area contributed by atoms with Crippen molar-refractivity contribution in [2.24, 2.45) is 5.92 Å². The van der Waals surface area contributed by atoms with E-state index in [0.29, 0.717) is 16.6 Å². The van der Waals surface area contributed by atoms with E-state index in [1.54, 1.807) is 0 Å². The predicted molar refractivity (Wildman–Crippen MR) is 72.9 cm³/mol. The van der Waals surface area contributed by atoms with Crippen LogP contribution in [-0.4, -0.2) is 16.3 Å². The number of ketones is 1. The first-order valence-electron chi connectivity index (χ1n) is 6.91. The zero-order valence-electron chi connectivity index (χ0n) is 11.1. The summed E-state index contributed by atoms with van der Waals surface area (Å²) in [5.41, 5.74) is -1.27. The molecule has 0 aromatic heterocycles. The van der Waals surface area contributed by atoms with Crippen LogP contribution in [0.3, 0.4) is 0 Å². The molecule has 2 atom stereocenters. The molecular formula is C15H14F4OS. The normalized spacial score (nSPS) is 28.7. The molecular weight excluding hydrogens is 304 g/mol. The van der Waals surface area contributed by atoms with Gasteiger partial charge in [0.15, 0.2) is 5.78 Å². The van der Waals surface area contributed by atoms with Gasteiger partial charge in [-0.05, 0) is 37.8 Å². The van der Waals surface area contributed by atoms with Crippen LogP contribution in [0.4, 0.5) is 17.6 Å². The van der Waals surface area contributed by atoms with Gasteiger partial charge < -0.3 is 0 Å². The highest BCUT2D eigenvalue weighted by Gasteiger charge is 2.39. The lowest BCUT2D eigenvalue weighted by atomic mass is 9.90. The second-order valence-corrected chi connectivity index (χ2v) is 7.29.